The van der Waals surface area contributed by atoms with Crippen LogP contribution in [0.15, 0.2) is 0 Å². The maximum absolute atomic E-state index is 11.3. The minimum absolute atomic E-state index is 0.173. The second-order valence-corrected chi connectivity index (χ2v) is 4.31. The molecule has 15 heavy (non-hydrogen) atoms. The van der Waals surface area contributed by atoms with Gasteiger partial charge in [-0.25, -0.2) is 0 Å². The number of nitrogens with two attached hydrogens (primary N) is 1. The van der Waals surface area contributed by atoms with Crippen LogP contribution in [-0.2, 0) is 4.79 Å². The summed E-state index contributed by atoms with van der Waals surface area (Å²) in [7, 11) is 0. The van der Waals surface area contributed by atoms with Crippen LogP contribution < -0.4 is 11.1 Å². The van der Waals surface area contributed by atoms with E-state index in [-0.39, 0.29) is 5.91 Å². The second-order valence-electron chi connectivity index (χ2n) is 4.31. The van der Waals surface area contributed by atoms with Crippen molar-refractivity contribution in [1.29, 1.82) is 0 Å². The van der Waals surface area contributed by atoms with Crippen molar-refractivity contribution >= 4 is 5.91 Å². The zero-order valence-electron chi connectivity index (χ0n) is 10.2. The maximum Gasteiger partial charge on any atom is 0.220 e. The first-order valence-electron chi connectivity index (χ1n) is 6.17. The zero-order chi connectivity index (χ0) is 11.5. The van der Waals surface area contributed by atoms with Gasteiger partial charge in [0.15, 0.2) is 0 Å². The third-order valence-corrected chi connectivity index (χ3v) is 2.56. The highest BCUT2D eigenvalue weighted by Crippen LogP contribution is 2.04. The minimum atomic E-state index is 0.173. The van der Waals surface area contributed by atoms with Crippen molar-refractivity contribution in [2.24, 2.45) is 11.7 Å². The lowest BCUT2D eigenvalue weighted by Gasteiger charge is -2.09. The van der Waals surface area contributed by atoms with E-state index < -0.39 is 0 Å². The van der Waals surface area contributed by atoms with E-state index in [1.54, 1.807) is 0 Å². The summed E-state index contributed by atoms with van der Waals surface area (Å²) in [6.45, 7) is 5.59. The van der Waals surface area contributed by atoms with Crippen molar-refractivity contribution in [2.75, 3.05) is 13.1 Å². The van der Waals surface area contributed by atoms with Gasteiger partial charge in [-0.1, -0.05) is 39.5 Å². The van der Waals surface area contributed by atoms with E-state index in [1.165, 1.54) is 25.7 Å². The Morgan fingerprint density at radius 3 is 2.53 bits per heavy atom. The maximum atomic E-state index is 11.3. The number of unbranched alkanes of at least 4 members (excludes halogenated alkanes) is 4. The van der Waals surface area contributed by atoms with Crippen molar-refractivity contribution in [1.82, 2.24) is 5.32 Å². The quantitative estimate of drug-likeness (QED) is 0.577. The van der Waals surface area contributed by atoms with E-state index in [0.29, 0.717) is 25.4 Å². The van der Waals surface area contributed by atoms with E-state index in [0.717, 1.165) is 6.42 Å². The van der Waals surface area contributed by atoms with Gasteiger partial charge in [0, 0.05) is 13.0 Å². The van der Waals surface area contributed by atoms with Gasteiger partial charge in [-0.2, -0.15) is 0 Å². The highest BCUT2D eigenvalue weighted by atomic mass is 16.1. The molecule has 0 saturated carbocycles. The van der Waals surface area contributed by atoms with Gasteiger partial charge in [-0.3, -0.25) is 4.79 Å². The van der Waals surface area contributed by atoms with Crippen molar-refractivity contribution < 1.29 is 4.79 Å². The normalized spacial score (nSPS) is 12.5. The summed E-state index contributed by atoms with van der Waals surface area (Å²) in [5.41, 5.74) is 5.46. The summed E-state index contributed by atoms with van der Waals surface area (Å²) in [5, 5.41) is 2.91. The van der Waals surface area contributed by atoms with Gasteiger partial charge in [0.25, 0.3) is 0 Å². The third kappa shape index (κ3) is 9.73. The Morgan fingerprint density at radius 1 is 1.27 bits per heavy atom. The van der Waals surface area contributed by atoms with E-state index in [4.69, 9.17) is 5.73 Å². The van der Waals surface area contributed by atoms with E-state index >= 15 is 0 Å². The Hall–Kier alpha value is -0.570. The predicted octanol–water partition coefficient (Wildman–Crippen LogP) is 2.06. The molecule has 0 fully saturated rings. The molecule has 0 rings (SSSR count). The highest BCUT2D eigenvalue weighted by molar-refractivity contribution is 5.75. The van der Waals surface area contributed by atoms with Gasteiger partial charge in [0.05, 0.1) is 0 Å². The molecule has 0 aromatic rings. The molecule has 0 aromatic carbocycles. The van der Waals surface area contributed by atoms with Crippen LogP contribution in [0.2, 0.25) is 0 Å². The highest BCUT2D eigenvalue weighted by Gasteiger charge is 2.03. The Bertz CT molecular complexity index is 160. The molecular weight excluding hydrogens is 188 g/mol. The Morgan fingerprint density at radius 2 is 1.93 bits per heavy atom. The van der Waals surface area contributed by atoms with Crippen molar-refractivity contribution in [3.63, 3.8) is 0 Å². The fourth-order valence-electron chi connectivity index (χ4n) is 1.35. The molecule has 90 valence electrons. The number of amides is 1. The molecule has 1 atom stereocenters. The number of hydrogen-bond donors (Lipinski definition) is 2. The molecule has 0 aliphatic rings. The van der Waals surface area contributed by atoms with Crippen LogP contribution in [-0.4, -0.2) is 19.0 Å². The second kappa shape index (κ2) is 9.97. The Kier molecular flexibility index (Phi) is 9.59. The summed E-state index contributed by atoms with van der Waals surface area (Å²) in [6.07, 6.45) is 6.65. The molecule has 0 radical (unpaired) electrons. The molecule has 0 aliphatic heterocycles. The third-order valence-electron chi connectivity index (χ3n) is 2.56. The molecule has 3 nitrogen and oxygen atoms in total. The molecule has 0 heterocycles. The lowest BCUT2D eigenvalue weighted by atomic mass is 10.1. The topological polar surface area (TPSA) is 55.1 Å². The smallest absolute Gasteiger partial charge is 0.220 e. The molecule has 0 bridgehead atoms. The first-order valence-corrected chi connectivity index (χ1v) is 6.17. The van der Waals surface area contributed by atoms with Gasteiger partial charge >= 0.3 is 0 Å². The molecule has 1 unspecified atom stereocenters. The number of nitrogens with one attached hydrogen (secondary N) is 1. The molecule has 0 aliphatic carbocycles. The van der Waals surface area contributed by atoms with Crippen LogP contribution in [0.3, 0.4) is 0 Å². The summed E-state index contributed by atoms with van der Waals surface area (Å²) in [5.74, 6) is 0.556. The van der Waals surface area contributed by atoms with Gasteiger partial charge in [0.1, 0.15) is 0 Å². The summed E-state index contributed by atoms with van der Waals surface area (Å²) >= 11 is 0. The SMILES string of the molecule is CCCCCCCC(=O)NCC(C)CN. The van der Waals surface area contributed by atoms with E-state index in [1.807, 2.05) is 6.92 Å². The largest absolute Gasteiger partial charge is 0.356 e. The molecule has 0 spiro atoms. The molecule has 0 saturated heterocycles. The number of carbonyl (C=O) groups excluding carboxylic acids is 1. The first-order chi connectivity index (χ1) is 7.20. The molecule has 3 N–H and O–H groups in total. The van der Waals surface area contributed by atoms with Crippen LogP contribution in [0, 0.1) is 5.92 Å². The van der Waals surface area contributed by atoms with Crippen LogP contribution in [0.25, 0.3) is 0 Å². The Labute approximate surface area is 93.8 Å². The minimum Gasteiger partial charge on any atom is -0.356 e. The van der Waals surface area contributed by atoms with E-state index in [9.17, 15) is 4.79 Å². The fraction of sp³-hybridized carbons (Fsp3) is 0.917. The number of rotatable bonds is 9. The van der Waals surface area contributed by atoms with Crippen molar-refractivity contribution in [3.05, 3.63) is 0 Å². The van der Waals surface area contributed by atoms with Gasteiger partial charge < -0.3 is 11.1 Å². The predicted molar refractivity (Wildman–Crippen MR) is 64.6 cm³/mol. The standard InChI is InChI=1S/C12H26N2O/c1-3-4-5-6-7-8-12(15)14-10-11(2)9-13/h11H,3-10,13H2,1-2H3,(H,14,15). The molecule has 3 heteroatoms. The number of carbonyl (C=O) groups is 1. The summed E-state index contributed by atoms with van der Waals surface area (Å²) < 4.78 is 0. The van der Waals surface area contributed by atoms with Crippen LogP contribution in [0.4, 0.5) is 0 Å². The lowest BCUT2D eigenvalue weighted by molar-refractivity contribution is -0.121. The van der Waals surface area contributed by atoms with E-state index in [2.05, 4.69) is 12.2 Å². The molecule has 0 aromatic heterocycles. The van der Waals surface area contributed by atoms with Gasteiger partial charge in [-0.05, 0) is 18.9 Å². The number of hydrogen-bond acceptors (Lipinski definition) is 2. The van der Waals surface area contributed by atoms with Crippen molar-refractivity contribution in [2.45, 2.75) is 52.4 Å². The average molecular weight is 214 g/mol. The van der Waals surface area contributed by atoms with Gasteiger partial charge in [0.2, 0.25) is 5.91 Å². The summed E-state index contributed by atoms with van der Waals surface area (Å²) in [6, 6.07) is 0. The van der Waals surface area contributed by atoms with Gasteiger partial charge in [-0.15, -0.1) is 0 Å². The lowest BCUT2D eigenvalue weighted by Crippen LogP contribution is -2.31. The fourth-order valence-corrected chi connectivity index (χ4v) is 1.35. The Balaban J connectivity index is 3.26. The van der Waals surface area contributed by atoms with Crippen LogP contribution in [0.1, 0.15) is 52.4 Å². The monoisotopic (exact) mass is 214 g/mol. The average Bonchev–Trinajstić information content (AvgIpc) is 2.25. The summed E-state index contributed by atoms with van der Waals surface area (Å²) in [4.78, 5) is 11.3. The molecule has 1 amide bonds. The zero-order valence-corrected chi connectivity index (χ0v) is 10.2. The van der Waals surface area contributed by atoms with Crippen LogP contribution >= 0.6 is 0 Å². The molecular formula is C12H26N2O. The van der Waals surface area contributed by atoms with Crippen molar-refractivity contribution in [3.8, 4) is 0 Å². The van der Waals surface area contributed by atoms with Crippen LogP contribution in [0.5, 0.6) is 0 Å². The first kappa shape index (κ1) is 14.4.